The molecular formula is C11H10BrClN2O4. The highest BCUT2D eigenvalue weighted by molar-refractivity contribution is 9.10. The van der Waals surface area contributed by atoms with Crippen molar-refractivity contribution < 1.29 is 19.5 Å². The van der Waals surface area contributed by atoms with Crippen molar-refractivity contribution in [2.24, 2.45) is 5.73 Å². The zero-order valence-corrected chi connectivity index (χ0v) is 11.9. The Morgan fingerprint density at radius 1 is 1.42 bits per heavy atom. The average molecular weight is 350 g/mol. The van der Waals surface area contributed by atoms with Crippen LogP contribution in [0, 0.1) is 0 Å². The highest BCUT2D eigenvalue weighted by Crippen LogP contribution is 2.23. The molecule has 1 atom stereocenters. The molecule has 4 N–H and O–H groups in total. The maximum Gasteiger partial charge on any atom is 0.326 e. The van der Waals surface area contributed by atoms with E-state index >= 15 is 0 Å². The smallest absolute Gasteiger partial charge is 0.326 e. The van der Waals surface area contributed by atoms with Gasteiger partial charge in [0.25, 0.3) is 5.91 Å². The van der Waals surface area contributed by atoms with Gasteiger partial charge >= 0.3 is 5.97 Å². The Hall–Kier alpha value is -1.60. The summed E-state index contributed by atoms with van der Waals surface area (Å²) in [7, 11) is 0. The molecule has 0 unspecified atom stereocenters. The Bertz CT molecular complexity index is 535. The van der Waals surface area contributed by atoms with E-state index in [1.165, 1.54) is 12.1 Å². The summed E-state index contributed by atoms with van der Waals surface area (Å²) in [6.07, 6.45) is -0.481. The fraction of sp³-hybridized carbons (Fsp3) is 0.182. The first-order valence-corrected chi connectivity index (χ1v) is 6.25. The molecule has 0 radical (unpaired) electrons. The molecule has 0 spiro atoms. The van der Waals surface area contributed by atoms with Crippen molar-refractivity contribution in [1.29, 1.82) is 0 Å². The molecule has 2 amide bonds. The van der Waals surface area contributed by atoms with E-state index < -0.39 is 30.2 Å². The maximum absolute atomic E-state index is 11.8. The molecule has 0 saturated heterocycles. The van der Waals surface area contributed by atoms with Crippen molar-refractivity contribution in [3.8, 4) is 0 Å². The minimum absolute atomic E-state index is 0.184. The molecule has 1 rings (SSSR count). The number of nitrogens with two attached hydrogens (primary N) is 1. The molecule has 0 fully saturated rings. The minimum atomic E-state index is -1.37. The van der Waals surface area contributed by atoms with Gasteiger partial charge in [0.05, 0.1) is 11.4 Å². The van der Waals surface area contributed by atoms with Gasteiger partial charge in [0.2, 0.25) is 5.91 Å². The number of carbonyl (C=O) groups excluding carboxylic acids is 2. The third-order valence-corrected chi connectivity index (χ3v) is 3.42. The SMILES string of the molecule is NC(=O)C[C@H](NC(=O)c1ccc(Br)c(Cl)c1)C(=O)O. The molecular weight excluding hydrogens is 339 g/mol. The summed E-state index contributed by atoms with van der Waals surface area (Å²) in [6, 6.07) is 3.03. The number of aliphatic carboxylic acids is 1. The van der Waals surface area contributed by atoms with Gasteiger partial charge in [0, 0.05) is 10.0 Å². The van der Waals surface area contributed by atoms with Gasteiger partial charge in [-0.2, -0.15) is 0 Å². The van der Waals surface area contributed by atoms with Gasteiger partial charge in [-0.3, -0.25) is 9.59 Å². The summed E-state index contributed by atoms with van der Waals surface area (Å²) >= 11 is 8.99. The van der Waals surface area contributed by atoms with Gasteiger partial charge in [-0.25, -0.2) is 4.79 Å². The van der Waals surface area contributed by atoms with Gasteiger partial charge in [-0.05, 0) is 34.1 Å². The predicted molar refractivity (Wildman–Crippen MR) is 71.9 cm³/mol. The molecule has 0 saturated carbocycles. The summed E-state index contributed by atoms with van der Waals surface area (Å²) in [4.78, 5) is 33.4. The molecule has 0 heterocycles. The van der Waals surface area contributed by atoms with Crippen LogP contribution in [0.2, 0.25) is 5.02 Å². The van der Waals surface area contributed by atoms with Crippen LogP contribution in [-0.4, -0.2) is 28.9 Å². The summed E-state index contributed by atoms with van der Waals surface area (Å²) in [5, 5.41) is 11.4. The van der Waals surface area contributed by atoms with Crippen molar-refractivity contribution >= 4 is 45.3 Å². The first kappa shape index (κ1) is 15.5. The summed E-state index contributed by atoms with van der Waals surface area (Å²) in [5.41, 5.74) is 5.09. The van der Waals surface area contributed by atoms with Crippen LogP contribution in [0.25, 0.3) is 0 Å². The number of carboxylic acids is 1. The van der Waals surface area contributed by atoms with Crippen LogP contribution < -0.4 is 11.1 Å². The Labute approximate surface area is 122 Å². The van der Waals surface area contributed by atoms with E-state index in [9.17, 15) is 14.4 Å². The molecule has 1 aromatic rings. The van der Waals surface area contributed by atoms with Crippen molar-refractivity contribution in [3.05, 3.63) is 33.3 Å². The first-order valence-electron chi connectivity index (χ1n) is 5.08. The Kier molecular flexibility index (Phi) is 5.31. The standard InChI is InChI=1S/C11H10BrClN2O4/c12-6-2-1-5(3-7(6)13)10(17)15-8(11(18)19)4-9(14)16/h1-3,8H,4H2,(H2,14,16)(H,15,17)(H,18,19)/t8-/m0/s1. The van der Waals surface area contributed by atoms with Crippen molar-refractivity contribution in [3.63, 3.8) is 0 Å². The van der Waals surface area contributed by atoms with E-state index in [0.717, 1.165) is 0 Å². The van der Waals surface area contributed by atoms with Gasteiger partial charge in [-0.15, -0.1) is 0 Å². The second kappa shape index (κ2) is 6.53. The molecule has 0 aliphatic heterocycles. The number of hydrogen-bond donors (Lipinski definition) is 3. The fourth-order valence-corrected chi connectivity index (χ4v) is 1.71. The lowest BCUT2D eigenvalue weighted by atomic mass is 10.1. The van der Waals surface area contributed by atoms with Crippen LogP contribution in [-0.2, 0) is 9.59 Å². The Morgan fingerprint density at radius 2 is 2.05 bits per heavy atom. The van der Waals surface area contributed by atoms with E-state index in [-0.39, 0.29) is 5.56 Å². The van der Waals surface area contributed by atoms with Gasteiger partial charge in [0.1, 0.15) is 6.04 Å². The average Bonchev–Trinajstić information content (AvgIpc) is 2.31. The number of carbonyl (C=O) groups is 3. The highest BCUT2D eigenvalue weighted by Gasteiger charge is 2.22. The third-order valence-electron chi connectivity index (χ3n) is 2.19. The second-order valence-corrected chi connectivity index (χ2v) is 4.93. The normalized spacial score (nSPS) is 11.7. The summed E-state index contributed by atoms with van der Waals surface area (Å²) in [5.74, 6) is -2.81. The number of hydrogen-bond acceptors (Lipinski definition) is 3. The molecule has 19 heavy (non-hydrogen) atoms. The van der Waals surface area contributed by atoms with Crippen LogP contribution in [0.15, 0.2) is 22.7 Å². The topological polar surface area (TPSA) is 109 Å². The lowest BCUT2D eigenvalue weighted by molar-refractivity contribution is -0.140. The number of benzene rings is 1. The van der Waals surface area contributed by atoms with Crippen molar-refractivity contribution in [2.75, 3.05) is 0 Å². The van der Waals surface area contributed by atoms with Crippen LogP contribution in [0.3, 0.4) is 0 Å². The number of rotatable bonds is 5. The van der Waals surface area contributed by atoms with Gasteiger partial charge < -0.3 is 16.2 Å². The predicted octanol–water partition coefficient (Wildman–Crippen LogP) is 1.16. The van der Waals surface area contributed by atoms with Crippen molar-refractivity contribution in [1.82, 2.24) is 5.32 Å². The molecule has 1 aromatic carbocycles. The monoisotopic (exact) mass is 348 g/mol. The molecule has 8 heteroatoms. The Balaban J connectivity index is 2.84. The molecule has 6 nitrogen and oxygen atoms in total. The van der Waals surface area contributed by atoms with Gasteiger partial charge in [-0.1, -0.05) is 11.6 Å². The summed E-state index contributed by atoms with van der Waals surface area (Å²) in [6.45, 7) is 0. The number of amides is 2. The minimum Gasteiger partial charge on any atom is -0.480 e. The summed E-state index contributed by atoms with van der Waals surface area (Å²) < 4.78 is 0.609. The molecule has 0 aliphatic rings. The lowest BCUT2D eigenvalue weighted by Gasteiger charge is -2.13. The Morgan fingerprint density at radius 3 is 2.53 bits per heavy atom. The maximum atomic E-state index is 11.8. The number of nitrogens with one attached hydrogen (secondary N) is 1. The molecule has 0 aliphatic carbocycles. The zero-order chi connectivity index (χ0) is 14.6. The third kappa shape index (κ3) is 4.53. The van der Waals surface area contributed by atoms with E-state index in [1.807, 2.05) is 0 Å². The largest absolute Gasteiger partial charge is 0.480 e. The van der Waals surface area contributed by atoms with E-state index in [4.69, 9.17) is 22.4 Å². The van der Waals surface area contributed by atoms with Crippen LogP contribution in [0.1, 0.15) is 16.8 Å². The van der Waals surface area contributed by atoms with E-state index in [2.05, 4.69) is 21.2 Å². The quantitative estimate of drug-likeness (QED) is 0.741. The molecule has 0 bridgehead atoms. The van der Waals surface area contributed by atoms with Crippen molar-refractivity contribution in [2.45, 2.75) is 12.5 Å². The van der Waals surface area contributed by atoms with Crippen LogP contribution >= 0.6 is 27.5 Å². The van der Waals surface area contributed by atoms with E-state index in [0.29, 0.717) is 9.50 Å². The zero-order valence-electron chi connectivity index (χ0n) is 9.52. The second-order valence-electron chi connectivity index (χ2n) is 3.66. The van der Waals surface area contributed by atoms with E-state index in [1.54, 1.807) is 6.07 Å². The highest BCUT2D eigenvalue weighted by atomic mass is 79.9. The number of carboxylic acid groups (broad SMARTS) is 1. The number of halogens is 2. The first-order chi connectivity index (χ1) is 8.81. The number of primary amides is 1. The molecule has 102 valence electrons. The van der Waals surface area contributed by atoms with Gasteiger partial charge in [0.15, 0.2) is 0 Å². The fourth-order valence-electron chi connectivity index (χ4n) is 1.28. The van der Waals surface area contributed by atoms with Crippen LogP contribution in [0.4, 0.5) is 0 Å². The van der Waals surface area contributed by atoms with Crippen LogP contribution in [0.5, 0.6) is 0 Å². The lowest BCUT2D eigenvalue weighted by Crippen LogP contribution is -2.43. The molecule has 0 aromatic heterocycles.